The molecule has 0 atom stereocenters. The Bertz CT molecular complexity index is 4430. The van der Waals surface area contributed by atoms with Gasteiger partial charge in [-0.2, -0.15) is 0 Å². The zero-order chi connectivity index (χ0) is 51.8. The van der Waals surface area contributed by atoms with Crippen molar-refractivity contribution in [1.82, 2.24) is 19.5 Å². The number of furan rings is 1. The topological polar surface area (TPSA) is 56.7 Å². The molecule has 9 aromatic carbocycles. The largest absolute Gasteiger partial charge is 0.455 e. The van der Waals surface area contributed by atoms with Gasteiger partial charge in [-0.25, -0.2) is 15.0 Å². The number of aromatic nitrogens is 4. The van der Waals surface area contributed by atoms with Gasteiger partial charge in [0.25, 0.3) is 0 Å². The molecule has 12 rings (SSSR count). The molecule has 12 aromatic rings. The molecule has 0 saturated heterocycles. The van der Waals surface area contributed by atoms with Gasteiger partial charge in [0.05, 0.1) is 35.9 Å². The molecular formula is C55H34N4O. The summed E-state index contributed by atoms with van der Waals surface area (Å²) < 4.78 is 131. The number of hydrogen-bond donors (Lipinski definition) is 0. The third-order valence-corrected chi connectivity index (χ3v) is 10.7. The first kappa shape index (κ1) is 22.7. The average molecular weight is 781 g/mol. The third-order valence-electron chi connectivity index (χ3n) is 10.7. The Morgan fingerprint density at radius 2 is 1.05 bits per heavy atom. The molecule has 0 aliphatic heterocycles. The van der Waals surface area contributed by atoms with Gasteiger partial charge in [-0.05, 0) is 63.8 Å². The maximum atomic E-state index is 9.19. The highest BCUT2D eigenvalue weighted by atomic mass is 16.3. The van der Waals surface area contributed by atoms with Crippen LogP contribution in [0, 0.1) is 0 Å². The van der Waals surface area contributed by atoms with E-state index >= 15 is 0 Å². The molecule has 0 spiro atoms. The molecule has 0 saturated carbocycles. The van der Waals surface area contributed by atoms with E-state index in [1.807, 2.05) is 48.5 Å². The first-order valence-corrected chi connectivity index (χ1v) is 19.0. The lowest BCUT2D eigenvalue weighted by molar-refractivity contribution is 0.670. The third kappa shape index (κ3) is 5.52. The van der Waals surface area contributed by atoms with Crippen LogP contribution in [0.25, 0.3) is 117 Å². The predicted octanol–water partition coefficient (Wildman–Crippen LogP) is 14.4. The van der Waals surface area contributed by atoms with Crippen molar-refractivity contribution in [2.45, 2.75) is 0 Å². The fraction of sp³-hybridized carbons (Fsp3) is 0. The highest BCUT2D eigenvalue weighted by molar-refractivity contribution is 6.11. The molecule has 0 unspecified atom stereocenters. The van der Waals surface area contributed by atoms with Gasteiger partial charge in [0, 0.05) is 43.8 Å². The molecule has 280 valence electrons. The summed E-state index contributed by atoms with van der Waals surface area (Å²) in [6, 6.07) is 30.7. The van der Waals surface area contributed by atoms with Gasteiger partial charge >= 0.3 is 0 Å². The van der Waals surface area contributed by atoms with Crippen LogP contribution in [0.3, 0.4) is 0 Å². The van der Waals surface area contributed by atoms with E-state index in [-0.39, 0.29) is 91.0 Å². The van der Waals surface area contributed by atoms with Gasteiger partial charge in [0.2, 0.25) is 0 Å². The number of fused-ring (bicyclic) bond motifs is 7. The second-order valence-electron chi connectivity index (χ2n) is 14.1. The smallest absolute Gasteiger partial charge is 0.166 e. The zero-order valence-electron chi connectivity index (χ0n) is 45.2. The maximum Gasteiger partial charge on any atom is 0.166 e. The average Bonchev–Trinajstić information content (AvgIpc) is 4.02. The quantitative estimate of drug-likeness (QED) is 0.169. The molecule has 0 aliphatic rings. The summed E-state index contributed by atoms with van der Waals surface area (Å²) in [4.78, 5) is 15.1. The standard InChI is InChI=1S/C55H34N4O/c1-2-18-40-35(14-1)15-12-23-41(40)36-30-32-37(33-31-36)53-56-54(39-17-11-16-38(34-39)42-24-13-25-46-45-21-6-10-29-51(45)60-52(42)46)58-55(57-53)47-22-5-9-28-50(47)59-48-26-7-3-19-43(48)44-20-4-8-27-49(44)59/h1-34H/i3D,4D,6D,7D,10D,13D,19D,20D,21D,24D,25D,26D,27D,29D. The van der Waals surface area contributed by atoms with E-state index < -0.39 is 60.4 Å². The fourth-order valence-electron chi connectivity index (χ4n) is 7.94. The van der Waals surface area contributed by atoms with Crippen molar-refractivity contribution in [3.63, 3.8) is 0 Å². The van der Waals surface area contributed by atoms with Gasteiger partial charge in [-0.3, -0.25) is 0 Å². The van der Waals surface area contributed by atoms with E-state index in [1.54, 1.807) is 48.5 Å². The summed E-state index contributed by atoms with van der Waals surface area (Å²) in [5.74, 6) is 0.460. The van der Waals surface area contributed by atoms with Crippen LogP contribution in [0.15, 0.2) is 210 Å². The molecule has 60 heavy (non-hydrogen) atoms. The van der Waals surface area contributed by atoms with Crippen molar-refractivity contribution in [1.29, 1.82) is 0 Å². The van der Waals surface area contributed by atoms with Crippen LogP contribution in [0.4, 0.5) is 0 Å². The van der Waals surface area contributed by atoms with Gasteiger partial charge in [-0.15, -0.1) is 0 Å². The molecule has 0 aliphatic carbocycles. The minimum absolute atomic E-state index is 0.0131. The number of benzene rings is 9. The van der Waals surface area contributed by atoms with Crippen molar-refractivity contribution in [2.75, 3.05) is 0 Å². The Balaban J connectivity index is 1.11. The minimum atomic E-state index is -0.536. The second kappa shape index (κ2) is 13.8. The molecule has 0 radical (unpaired) electrons. The van der Waals surface area contributed by atoms with E-state index in [1.165, 1.54) is 10.6 Å². The van der Waals surface area contributed by atoms with Crippen molar-refractivity contribution >= 4 is 54.5 Å². The lowest BCUT2D eigenvalue weighted by atomic mass is 9.97. The molecule has 0 N–H and O–H groups in total. The number of nitrogens with zero attached hydrogens (tertiary/aromatic N) is 4. The van der Waals surface area contributed by atoms with Crippen LogP contribution in [-0.4, -0.2) is 19.5 Å². The van der Waals surface area contributed by atoms with Gasteiger partial charge in [-0.1, -0.05) is 170 Å². The van der Waals surface area contributed by atoms with Gasteiger partial charge in [0.15, 0.2) is 17.5 Å². The molecule has 3 aromatic heterocycles. The molecule has 5 heteroatoms. The Labute approximate surface area is 365 Å². The van der Waals surface area contributed by atoms with E-state index in [4.69, 9.17) is 37.2 Å². The zero-order valence-corrected chi connectivity index (χ0v) is 31.2. The lowest BCUT2D eigenvalue weighted by Gasteiger charge is -2.15. The molecular weight excluding hydrogens is 733 g/mol. The van der Waals surface area contributed by atoms with Crippen LogP contribution in [0.5, 0.6) is 0 Å². The van der Waals surface area contributed by atoms with Crippen LogP contribution in [0.1, 0.15) is 19.2 Å². The van der Waals surface area contributed by atoms with Crippen molar-refractivity contribution in [2.24, 2.45) is 0 Å². The van der Waals surface area contributed by atoms with E-state index in [0.29, 0.717) is 27.9 Å². The monoisotopic (exact) mass is 780 g/mol. The van der Waals surface area contributed by atoms with E-state index in [2.05, 4.69) is 18.2 Å². The first-order valence-electron chi connectivity index (χ1n) is 26.0. The SMILES string of the molecule is [2H]c1cc([2H])c2c(c1[2H])c1c([2H])c([2H])c([2H])c([2H])c1n2-c1ccccc1-c1nc(-c2ccc(-c3cccc4ccccc34)cc2)nc(-c2cccc(-c3c([2H])c([2H])c([2H])c4c3oc3c([2H])c([2H])c([2H])c([2H])c34)c2)n1. The Hall–Kier alpha value is -8.15. The van der Waals surface area contributed by atoms with Crippen LogP contribution in [0.2, 0.25) is 0 Å². The number of rotatable bonds is 6. The van der Waals surface area contributed by atoms with E-state index in [0.717, 1.165) is 21.9 Å². The summed E-state index contributed by atoms with van der Waals surface area (Å²) in [6.45, 7) is 0. The first-order chi connectivity index (χ1) is 35.5. The molecule has 3 heterocycles. The maximum absolute atomic E-state index is 9.19. The summed E-state index contributed by atoms with van der Waals surface area (Å²) in [7, 11) is 0. The van der Waals surface area contributed by atoms with Gasteiger partial charge in [0.1, 0.15) is 11.2 Å². The Kier molecular flexibility index (Phi) is 5.20. The van der Waals surface area contributed by atoms with Crippen LogP contribution in [-0.2, 0) is 0 Å². The summed E-state index contributed by atoms with van der Waals surface area (Å²) in [6.07, 6.45) is 0. The number of hydrogen-bond acceptors (Lipinski definition) is 4. The normalized spacial score (nSPS) is 14.9. The van der Waals surface area contributed by atoms with Crippen molar-refractivity contribution in [3.05, 3.63) is 206 Å². The molecule has 0 fully saturated rings. The van der Waals surface area contributed by atoms with Crippen molar-refractivity contribution < 1.29 is 23.6 Å². The minimum Gasteiger partial charge on any atom is -0.455 e. The second-order valence-corrected chi connectivity index (χ2v) is 14.1. The lowest BCUT2D eigenvalue weighted by Crippen LogP contribution is -2.03. The highest BCUT2D eigenvalue weighted by Gasteiger charge is 2.20. The fourth-order valence-corrected chi connectivity index (χ4v) is 7.94. The van der Waals surface area contributed by atoms with Crippen LogP contribution >= 0.6 is 0 Å². The summed E-state index contributed by atoms with van der Waals surface area (Å²) >= 11 is 0. The molecule has 0 bridgehead atoms. The number of para-hydroxylation sites is 5. The van der Waals surface area contributed by atoms with Crippen molar-refractivity contribution in [3.8, 4) is 62.1 Å². The van der Waals surface area contributed by atoms with Gasteiger partial charge < -0.3 is 8.98 Å². The van der Waals surface area contributed by atoms with E-state index in [9.17, 15) is 1.37 Å². The van der Waals surface area contributed by atoms with Crippen LogP contribution < -0.4 is 0 Å². The predicted molar refractivity (Wildman–Crippen MR) is 246 cm³/mol. The summed E-state index contributed by atoms with van der Waals surface area (Å²) in [5, 5.41) is 2.03. The molecule has 5 nitrogen and oxygen atoms in total. The highest BCUT2D eigenvalue weighted by Crippen LogP contribution is 2.39. The summed E-state index contributed by atoms with van der Waals surface area (Å²) in [5.41, 5.74) is 3.75. The molecule has 0 amide bonds. The Morgan fingerprint density at radius 1 is 0.400 bits per heavy atom. The Morgan fingerprint density at radius 3 is 1.97 bits per heavy atom.